The number of piperidine rings is 1. The van der Waals surface area contributed by atoms with Gasteiger partial charge in [0.25, 0.3) is 0 Å². The minimum absolute atomic E-state index is 0.538. The van der Waals surface area contributed by atoms with Gasteiger partial charge >= 0.3 is 0 Å². The van der Waals surface area contributed by atoms with Crippen LogP contribution in [0.15, 0.2) is 30.9 Å². The quantitative estimate of drug-likeness (QED) is 0.789. The third-order valence-corrected chi connectivity index (χ3v) is 4.52. The Morgan fingerprint density at radius 3 is 3.00 bits per heavy atom. The molecule has 1 fully saturated rings. The van der Waals surface area contributed by atoms with Crippen LogP contribution in [0.25, 0.3) is 16.8 Å². The van der Waals surface area contributed by atoms with Gasteiger partial charge in [-0.05, 0) is 31.4 Å². The predicted octanol–water partition coefficient (Wildman–Crippen LogP) is 1.30. The summed E-state index contributed by atoms with van der Waals surface area (Å²) in [6.07, 6.45) is 9.94. The topological polar surface area (TPSA) is 77.3 Å². The van der Waals surface area contributed by atoms with Crippen LogP contribution in [-0.2, 0) is 7.05 Å². The number of aryl methyl sites for hydroxylation is 1. The number of aromatic nitrogens is 5. The number of nitrogens with zero attached hydrogens (tertiary/aromatic N) is 6. The first-order valence-electron chi connectivity index (χ1n) is 8.03. The molecule has 2 N–H and O–H groups in total. The van der Waals surface area contributed by atoms with Crippen LogP contribution in [0.1, 0.15) is 12.8 Å². The average molecular weight is 311 g/mol. The highest BCUT2D eigenvalue weighted by Gasteiger charge is 2.22. The van der Waals surface area contributed by atoms with Crippen LogP contribution in [0.4, 0.5) is 5.82 Å². The minimum atomic E-state index is 0.538. The second-order valence-corrected chi connectivity index (χ2v) is 6.20. The van der Waals surface area contributed by atoms with E-state index in [0.717, 1.165) is 48.6 Å². The van der Waals surface area contributed by atoms with Gasteiger partial charge in [0.2, 0.25) is 0 Å². The first kappa shape index (κ1) is 14.2. The van der Waals surface area contributed by atoms with Gasteiger partial charge in [0, 0.05) is 31.9 Å². The van der Waals surface area contributed by atoms with Crippen LogP contribution in [0.5, 0.6) is 0 Å². The lowest BCUT2D eigenvalue weighted by molar-refractivity contribution is 0.422. The van der Waals surface area contributed by atoms with Crippen molar-refractivity contribution in [2.45, 2.75) is 12.8 Å². The molecule has 0 radical (unpaired) electrons. The van der Waals surface area contributed by atoms with Crippen molar-refractivity contribution >= 4 is 11.3 Å². The van der Waals surface area contributed by atoms with Gasteiger partial charge in [-0.3, -0.25) is 4.68 Å². The zero-order valence-corrected chi connectivity index (χ0v) is 13.3. The van der Waals surface area contributed by atoms with Gasteiger partial charge in [0.15, 0.2) is 5.82 Å². The van der Waals surface area contributed by atoms with E-state index in [0.29, 0.717) is 5.92 Å². The normalized spacial score (nSPS) is 18.7. The smallest absolute Gasteiger partial charge is 0.155 e. The number of nitrogens with two attached hydrogens (primary N) is 1. The van der Waals surface area contributed by atoms with E-state index in [2.05, 4.69) is 15.1 Å². The van der Waals surface area contributed by atoms with Crippen molar-refractivity contribution in [3.8, 4) is 11.3 Å². The highest BCUT2D eigenvalue weighted by atomic mass is 15.3. The van der Waals surface area contributed by atoms with E-state index in [9.17, 15) is 0 Å². The van der Waals surface area contributed by atoms with Crippen LogP contribution in [0, 0.1) is 5.92 Å². The van der Waals surface area contributed by atoms with Crippen molar-refractivity contribution in [1.29, 1.82) is 0 Å². The first-order valence-corrected chi connectivity index (χ1v) is 8.03. The number of anilines is 1. The number of fused-ring (bicyclic) bond motifs is 1. The van der Waals surface area contributed by atoms with Gasteiger partial charge in [-0.15, -0.1) is 0 Å². The summed E-state index contributed by atoms with van der Waals surface area (Å²) in [7, 11) is 1.91. The molecule has 1 saturated heterocycles. The molecule has 7 heteroatoms. The molecule has 0 bridgehead atoms. The van der Waals surface area contributed by atoms with Gasteiger partial charge in [-0.25, -0.2) is 9.50 Å². The van der Waals surface area contributed by atoms with E-state index < -0.39 is 0 Å². The molecule has 3 aromatic rings. The maximum Gasteiger partial charge on any atom is 0.155 e. The Morgan fingerprint density at radius 2 is 2.22 bits per heavy atom. The number of rotatable bonds is 3. The molecule has 0 aliphatic carbocycles. The van der Waals surface area contributed by atoms with Gasteiger partial charge in [-0.2, -0.15) is 10.2 Å². The summed E-state index contributed by atoms with van der Waals surface area (Å²) in [5, 5.41) is 8.65. The lowest BCUT2D eigenvalue weighted by Gasteiger charge is -2.33. The van der Waals surface area contributed by atoms with Crippen molar-refractivity contribution in [3.63, 3.8) is 0 Å². The highest BCUT2D eigenvalue weighted by Crippen LogP contribution is 2.28. The van der Waals surface area contributed by atoms with Gasteiger partial charge in [0.1, 0.15) is 5.52 Å². The standard InChI is InChI=1S/C16H21N7/c1-21-10-13(8-19-21)14-11-23-15(4-5-18-23)16(20-14)22-6-2-3-12(7-17)9-22/h4-5,8,10-12H,2-3,6-7,9,17H2,1H3. The van der Waals surface area contributed by atoms with Crippen LogP contribution in [0.3, 0.4) is 0 Å². The van der Waals surface area contributed by atoms with E-state index in [-0.39, 0.29) is 0 Å². The molecule has 120 valence electrons. The highest BCUT2D eigenvalue weighted by molar-refractivity contribution is 5.72. The van der Waals surface area contributed by atoms with E-state index in [1.54, 1.807) is 4.68 Å². The van der Waals surface area contributed by atoms with E-state index in [4.69, 9.17) is 10.7 Å². The Kier molecular flexibility index (Phi) is 3.49. The Morgan fingerprint density at radius 1 is 1.30 bits per heavy atom. The van der Waals surface area contributed by atoms with Crippen molar-refractivity contribution in [2.24, 2.45) is 18.7 Å². The van der Waals surface area contributed by atoms with Crippen LogP contribution in [-0.4, -0.2) is 44.0 Å². The molecule has 1 aliphatic rings. The summed E-state index contributed by atoms with van der Waals surface area (Å²) in [6, 6.07) is 2.02. The van der Waals surface area contributed by atoms with Crippen molar-refractivity contribution < 1.29 is 0 Å². The maximum absolute atomic E-state index is 5.88. The second kappa shape index (κ2) is 5.66. The van der Waals surface area contributed by atoms with Crippen LogP contribution >= 0.6 is 0 Å². The Hall–Kier alpha value is -2.41. The minimum Gasteiger partial charge on any atom is -0.354 e. The van der Waals surface area contributed by atoms with E-state index in [1.807, 2.05) is 42.4 Å². The Labute approximate surface area is 134 Å². The second-order valence-electron chi connectivity index (χ2n) is 6.20. The van der Waals surface area contributed by atoms with Gasteiger partial charge in [-0.1, -0.05) is 0 Å². The summed E-state index contributed by atoms with van der Waals surface area (Å²) in [6.45, 7) is 2.70. The molecular formula is C16H21N7. The molecule has 0 aromatic carbocycles. The average Bonchev–Trinajstić information content (AvgIpc) is 3.22. The van der Waals surface area contributed by atoms with E-state index in [1.165, 1.54) is 6.42 Å². The molecule has 1 aliphatic heterocycles. The molecule has 0 spiro atoms. The first-order chi connectivity index (χ1) is 11.2. The third-order valence-electron chi connectivity index (χ3n) is 4.52. The number of hydrogen-bond acceptors (Lipinski definition) is 5. The maximum atomic E-state index is 5.88. The molecule has 4 heterocycles. The Balaban J connectivity index is 1.79. The van der Waals surface area contributed by atoms with Crippen LogP contribution in [0.2, 0.25) is 0 Å². The molecule has 0 saturated carbocycles. The zero-order chi connectivity index (χ0) is 15.8. The van der Waals surface area contributed by atoms with Gasteiger partial charge in [0.05, 0.1) is 24.3 Å². The zero-order valence-electron chi connectivity index (χ0n) is 13.3. The molecule has 0 amide bonds. The van der Waals surface area contributed by atoms with Crippen molar-refractivity contribution in [3.05, 3.63) is 30.9 Å². The van der Waals surface area contributed by atoms with Crippen molar-refractivity contribution in [2.75, 3.05) is 24.5 Å². The SMILES string of the molecule is Cn1cc(-c2cn3nccc3c(N3CCCC(CN)C3)n2)cn1. The third kappa shape index (κ3) is 2.57. The largest absolute Gasteiger partial charge is 0.354 e. The number of hydrogen-bond donors (Lipinski definition) is 1. The fraction of sp³-hybridized carbons (Fsp3) is 0.438. The lowest BCUT2D eigenvalue weighted by atomic mass is 9.98. The molecule has 1 unspecified atom stereocenters. The molecule has 7 nitrogen and oxygen atoms in total. The fourth-order valence-corrected chi connectivity index (χ4v) is 3.29. The lowest BCUT2D eigenvalue weighted by Crippen LogP contribution is -2.39. The molecule has 1 atom stereocenters. The van der Waals surface area contributed by atoms with E-state index >= 15 is 0 Å². The summed E-state index contributed by atoms with van der Waals surface area (Å²) in [5.74, 6) is 1.53. The molecular weight excluding hydrogens is 290 g/mol. The van der Waals surface area contributed by atoms with Gasteiger partial charge < -0.3 is 10.6 Å². The van der Waals surface area contributed by atoms with Crippen molar-refractivity contribution in [1.82, 2.24) is 24.4 Å². The summed E-state index contributed by atoms with van der Waals surface area (Å²) >= 11 is 0. The molecule has 4 rings (SSSR count). The Bertz CT molecular complexity index is 819. The summed E-state index contributed by atoms with van der Waals surface area (Å²) in [4.78, 5) is 7.27. The summed E-state index contributed by atoms with van der Waals surface area (Å²) in [5.41, 5.74) is 8.81. The summed E-state index contributed by atoms with van der Waals surface area (Å²) < 4.78 is 3.69. The monoisotopic (exact) mass is 311 g/mol. The van der Waals surface area contributed by atoms with Crippen LogP contribution < -0.4 is 10.6 Å². The fourth-order valence-electron chi connectivity index (χ4n) is 3.29. The molecule has 23 heavy (non-hydrogen) atoms. The predicted molar refractivity (Wildman–Crippen MR) is 89.2 cm³/mol. The molecule has 3 aromatic heterocycles.